The summed E-state index contributed by atoms with van der Waals surface area (Å²) in [5, 5.41) is 8.09. The molecule has 1 saturated carbocycles. The van der Waals surface area contributed by atoms with Crippen LogP contribution in [0.1, 0.15) is 31.4 Å². The molecule has 0 radical (unpaired) electrons. The molecule has 1 N–H and O–H groups in total. The zero-order chi connectivity index (χ0) is 10.3. The van der Waals surface area contributed by atoms with Crippen molar-refractivity contribution in [2.45, 2.75) is 38.3 Å². The number of anilines is 1. The summed E-state index contributed by atoms with van der Waals surface area (Å²) < 4.78 is 7.22. The van der Waals surface area contributed by atoms with Crippen molar-refractivity contribution in [3.05, 3.63) is 11.8 Å². The molecule has 0 atom stereocenters. The molecule has 2 heterocycles. The van der Waals surface area contributed by atoms with E-state index in [2.05, 4.69) is 28.1 Å². The standard InChI is InChI=1S/C11H17N3O/c1-2-14-11(12-9-6-15-7-9)5-10(13-14)8-3-4-8/h5,8-9,12H,2-4,6-7H2,1H3. The largest absolute Gasteiger partial charge is 0.377 e. The van der Waals surface area contributed by atoms with Crippen LogP contribution in [0.15, 0.2) is 6.07 Å². The van der Waals surface area contributed by atoms with E-state index in [0.717, 1.165) is 31.5 Å². The Hall–Kier alpha value is -1.03. The molecule has 0 bridgehead atoms. The molecular formula is C11H17N3O. The van der Waals surface area contributed by atoms with Gasteiger partial charge < -0.3 is 10.1 Å². The Bertz CT molecular complexity index is 353. The highest BCUT2D eigenvalue weighted by atomic mass is 16.5. The first kappa shape index (κ1) is 9.21. The van der Waals surface area contributed by atoms with E-state index in [1.807, 2.05) is 0 Å². The van der Waals surface area contributed by atoms with Gasteiger partial charge in [-0.3, -0.25) is 0 Å². The molecule has 1 aromatic rings. The maximum absolute atomic E-state index is 5.16. The summed E-state index contributed by atoms with van der Waals surface area (Å²) in [4.78, 5) is 0. The Morgan fingerprint density at radius 2 is 2.33 bits per heavy atom. The Morgan fingerprint density at radius 1 is 1.53 bits per heavy atom. The zero-order valence-electron chi connectivity index (χ0n) is 9.07. The van der Waals surface area contributed by atoms with Crippen LogP contribution in [0.2, 0.25) is 0 Å². The quantitative estimate of drug-likeness (QED) is 0.815. The molecule has 2 fully saturated rings. The number of rotatable bonds is 4. The number of hydrogen-bond acceptors (Lipinski definition) is 3. The Balaban J connectivity index is 1.77. The minimum Gasteiger partial charge on any atom is -0.377 e. The van der Waals surface area contributed by atoms with Gasteiger partial charge in [0.25, 0.3) is 0 Å². The number of hydrogen-bond donors (Lipinski definition) is 1. The molecule has 1 saturated heterocycles. The second-order valence-corrected chi connectivity index (χ2v) is 4.42. The molecule has 1 aliphatic heterocycles. The van der Waals surface area contributed by atoms with Gasteiger partial charge in [-0.2, -0.15) is 5.10 Å². The van der Waals surface area contributed by atoms with Crippen molar-refractivity contribution >= 4 is 5.82 Å². The summed E-state index contributed by atoms with van der Waals surface area (Å²) in [6.45, 7) is 4.72. The fraction of sp³-hybridized carbons (Fsp3) is 0.727. The summed E-state index contributed by atoms with van der Waals surface area (Å²) in [5.74, 6) is 1.89. The Kier molecular flexibility index (Phi) is 2.16. The summed E-state index contributed by atoms with van der Waals surface area (Å²) in [6, 6.07) is 2.69. The van der Waals surface area contributed by atoms with Crippen LogP contribution in [0.25, 0.3) is 0 Å². The third kappa shape index (κ3) is 1.74. The van der Waals surface area contributed by atoms with Gasteiger partial charge in [0.1, 0.15) is 5.82 Å². The number of aromatic nitrogens is 2. The van der Waals surface area contributed by atoms with E-state index in [4.69, 9.17) is 4.74 Å². The van der Waals surface area contributed by atoms with Crippen LogP contribution in [0, 0.1) is 0 Å². The number of ether oxygens (including phenoxy) is 1. The van der Waals surface area contributed by atoms with Gasteiger partial charge in [-0.1, -0.05) is 0 Å². The van der Waals surface area contributed by atoms with Gasteiger partial charge in [-0.25, -0.2) is 4.68 Å². The highest BCUT2D eigenvalue weighted by Gasteiger charge is 2.28. The smallest absolute Gasteiger partial charge is 0.124 e. The van der Waals surface area contributed by atoms with Crippen molar-refractivity contribution in [3.8, 4) is 0 Å². The molecule has 15 heavy (non-hydrogen) atoms. The predicted molar refractivity (Wildman–Crippen MR) is 58.1 cm³/mol. The van der Waals surface area contributed by atoms with Gasteiger partial charge in [0.2, 0.25) is 0 Å². The lowest BCUT2D eigenvalue weighted by Crippen LogP contribution is -2.40. The summed E-state index contributed by atoms with van der Waals surface area (Å²) >= 11 is 0. The van der Waals surface area contributed by atoms with E-state index in [9.17, 15) is 0 Å². The molecule has 0 amide bonds. The molecule has 0 unspecified atom stereocenters. The molecule has 4 heteroatoms. The van der Waals surface area contributed by atoms with Gasteiger partial charge in [0.05, 0.1) is 24.9 Å². The second-order valence-electron chi connectivity index (χ2n) is 4.42. The zero-order valence-corrected chi connectivity index (χ0v) is 9.07. The normalized spacial score (nSPS) is 21.4. The van der Waals surface area contributed by atoms with Crippen molar-refractivity contribution in [3.63, 3.8) is 0 Å². The van der Waals surface area contributed by atoms with Gasteiger partial charge in [0.15, 0.2) is 0 Å². The first-order valence-corrected chi connectivity index (χ1v) is 5.79. The molecule has 2 aliphatic rings. The van der Waals surface area contributed by atoms with Gasteiger partial charge in [-0.05, 0) is 19.8 Å². The number of nitrogens with one attached hydrogen (secondary N) is 1. The highest BCUT2D eigenvalue weighted by molar-refractivity contribution is 5.40. The summed E-state index contributed by atoms with van der Waals surface area (Å²) in [6.07, 6.45) is 2.62. The van der Waals surface area contributed by atoms with Crippen molar-refractivity contribution in [2.24, 2.45) is 0 Å². The van der Waals surface area contributed by atoms with Gasteiger partial charge in [0, 0.05) is 18.5 Å². The second kappa shape index (κ2) is 3.52. The van der Waals surface area contributed by atoms with Crippen molar-refractivity contribution in [1.29, 1.82) is 0 Å². The summed E-state index contributed by atoms with van der Waals surface area (Å²) in [7, 11) is 0. The maximum Gasteiger partial charge on any atom is 0.124 e. The van der Waals surface area contributed by atoms with Crippen molar-refractivity contribution in [1.82, 2.24) is 9.78 Å². The summed E-state index contributed by atoms with van der Waals surface area (Å²) in [5.41, 5.74) is 1.26. The molecule has 4 nitrogen and oxygen atoms in total. The van der Waals surface area contributed by atoms with Gasteiger partial charge >= 0.3 is 0 Å². The van der Waals surface area contributed by atoms with E-state index in [1.54, 1.807) is 0 Å². The molecule has 1 aliphatic carbocycles. The topological polar surface area (TPSA) is 39.1 Å². The van der Waals surface area contributed by atoms with Crippen LogP contribution in [-0.2, 0) is 11.3 Å². The van der Waals surface area contributed by atoms with E-state index < -0.39 is 0 Å². The molecular weight excluding hydrogens is 190 g/mol. The third-order valence-corrected chi connectivity index (χ3v) is 3.08. The number of aryl methyl sites for hydroxylation is 1. The SMILES string of the molecule is CCn1nc(C2CC2)cc1NC1COC1. The number of nitrogens with zero attached hydrogens (tertiary/aromatic N) is 2. The van der Waals surface area contributed by atoms with Crippen LogP contribution in [-0.4, -0.2) is 29.0 Å². The molecule has 3 rings (SSSR count). The molecule has 0 spiro atoms. The van der Waals surface area contributed by atoms with E-state index in [0.29, 0.717) is 6.04 Å². The predicted octanol–water partition coefficient (Wildman–Crippen LogP) is 1.59. The monoisotopic (exact) mass is 207 g/mol. The van der Waals surface area contributed by atoms with Crippen LogP contribution >= 0.6 is 0 Å². The maximum atomic E-state index is 5.16. The van der Waals surface area contributed by atoms with Crippen LogP contribution in [0.5, 0.6) is 0 Å². The van der Waals surface area contributed by atoms with E-state index in [1.165, 1.54) is 18.5 Å². The van der Waals surface area contributed by atoms with E-state index >= 15 is 0 Å². The van der Waals surface area contributed by atoms with Crippen LogP contribution in [0.3, 0.4) is 0 Å². The van der Waals surface area contributed by atoms with Crippen molar-refractivity contribution in [2.75, 3.05) is 18.5 Å². The van der Waals surface area contributed by atoms with Crippen LogP contribution in [0.4, 0.5) is 5.82 Å². The highest BCUT2D eigenvalue weighted by Crippen LogP contribution is 2.40. The first-order valence-electron chi connectivity index (χ1n) is 5.79. The average Bonchev–Trinajstić information content (AvgIpc) is 2.94. The fourth-order valence-electron chi connectivity index (χ4n) is 1.90. The fourth-order valence-corrected chi connectivity index (χ4v) is 1.90. The average molecular weight is 207 g/mol. The van der Waals surface area contributed by atoms with Crippen LogP contribution < -0.4 is 5.32 Å². The lowest BCUT2D eigenvalue weighted by atomic mass is 10.2. The third-order valence-electron chi connectivity index (χ3n) is 3.08. The Labute approximate surface area is 89.6 Å². The minimum atomic E-state index is 0.485. The lowest BCUT2D eigenvalue weighted by Gasteiger charge is -2.27. The molecule has 1 aromatic heterocycles. The lowest BCUT2D eigenvalue weighted by molar-refractivity contribution is 0.0208. The molecule has 0 aromatic carbocycles. The molecule has 82 valence electrons. The van der Waals surface area contributed by atoms with E-state index in [-0.39, 0.29) is 0 Å². The van der Waals surface area contributed by atoms with Gasteiger partial charge in [-0.15, -0.1) is 0 Å². The minimum absolute atomic E-state index is 0.485. The first-order chi connectivity index (χ1) is 7.36. The van der Waals surface area contributed by atoms with Crippen molar-refractivity contribution < 1.29 is 4.74 Å². The Morgan fingerprint density at radius 3 is 2.87 bits per heavy atom.